The lowest BCUT2D eigenvalue weighted by atomic mass is 10.1. The maximum atomic E-state index is 5.62. The first-order valence-corrected chi connectivity index (χ1v) is 10.6. The molecule has 0 aromatic heterocycles. The van der Waals surface area contributed by atoms with Crippen molar-refractivity contribution in [2.75, 3.05) is 31.4 Å². The van der Waals surface area contributed by atoms with E-state index < -0.39 is 0 Å². The Morgan fingerprint density at radius 3 is 1.75 bits per heavy atom. The highest BCUT2D eigenvalue weighted by atomic mass is 16.5. The van der Waals surface area contributed by atoms with E-state index >= 15 is 0 Å². The third kappa shape index (κ3) is 4.65. The Hall–Kier alpha value is -4.05. The van der Waals surface area contributed by atoms with Crippen molar-refractivity contribution in [2.45, 2.75) is 0 Å². The molecule has 4 aromatic rings. The zero-order valence-electron chi connectivity index (χ0n) is 18.7. The van der Waals surface area contributed by atoms with E-state index in [0.717, 1.165) is 39.9 Å². The molecule has 0 aliphatic heterocycles. The quantitative estimate of drug-likeness (QED) is 0.229. The van der Waals surface area contributed by atoms with Gasteiger partial charge >= 0.3 is 0 Å². The highest BCUT2D eigenvalue weighted by molar-refractivity contribution is 6.11. The summed E-state index contributed by atoms with van der Waals surface area (Å²) in [6, 6.07) is 37.3. The first-order chi connectivity index (χ1) is 15.7. The second kappa shape index (κ2) is 9.84. The Morgan fingerprint density at radius 1 is 0.688 bits per heavy atom. The highest BCUT2D eigenvalue weighted by Gasteiger charge is 2.22. The van der Waals surface area contributed by atoms with Gasteiger partial charge in [-0.05, 0) is 60.7 Å². The van der Waals surface area contributed by atoms with Crippen LogP contribution < -0.4 is 19.5 Å². The molecule has 1 N–H and O–H groups in total. The van der Waals surface area contributed by atoms with E-state index in [1.165, 1.54) is 0 Å². The van der Waals surface area contributed by atoms with Crippen LogP contribution in [0.2, 0.25) is 0 Å². The van der Waals surface area contributed by atoms with Crippen LogP contribution in [0, 0.1) is 0 Å². The van der Waals surface area contributed by atoms with Crippen LogP contribution in [0.3, 0.4) is 0 Å². The molecule has 0 saturated heterocycles. The van der Waals surface area contributed by atoms with Crippen molar-refractivity contribution >= 4 is 28.6 Å². The van der Waals surface area contributed by atoms with Gasteiger partial charge in [-0.15, -0.1) is 0 Å². The molecule has 4 nitrogen and oxygen atoms in total. The number of benzene rings is 4. The van der Waals surface area contributed by atoms with E-state index in [2.05, 4.69) is 87.6 Å². The van der Waals surface area contributed by atoms with Crippen LogP contribution in [0.5, 0.6) is 5.75 Å². The fourth-order valence-electron chi connectivity index (χ4n) is 3.61. The molecule has 4 heteroatoms. The Kier molecular flexibility index (Phi) is 6.52. The topological polar surface area (TPSA) is 27.5 Å². The Labute approximate surface area is 190 Å². The number of rotatable bonds is 6. The molecule has 0 fully saturated rings. The van der Waals surface area contributed by atoms with Crippen molar-refractivity contribution < 1.29 is 4.74 Å². The molecule has 0 saturated carbocycles. The standard InChI is InChI=1S/C28H27N3O/c1-30(2)23-20-18-22(19-21-23)28(29-26-16-10-11-17-27(26)32-3)31(24-12-6-4-7-13-24)25-14-8-5-9-15-25/h4-21H,1-3H3/p+1. The maximum absolute atomic E-state index is 5.62. The average molecular weight is 423 g/mol. The first kappa shape index (κ1) is 21.2. The van der Waals surface area contributed by atoms with Gasteiger partial charge in [-0.2, -0.15) is 4.58 Å². The van der Waals surface area contributed by atoms with Gasteiger partial charge in [0.15, 0.2) is 11.4 Å². The van der Waals surface area contributed by atoms with Gasteiger partial charge < -0.3 is 9.64 Å². The van der Waals surface area contributed by atoms with Gasteiger partial charge in [-0.1, -0.05) is 48.5 Å². The normalized spacial score (nSPS) is 10.3. The molecule has 0 atom stereocenters. The number of hydrogen-bond acceptors (Lipinski definition) is 2. The zero-order chi connectivity index (χ0) is 22.3. The lowest BCUT2D eigenvalue weighted by Gasteiger charge is -2.16. The molecule has 4 aromatic carbocycles. The van der Waals surface area contributed by atoms with E-state index in [-0.39, 0.29) is 0 Å². The van der Waals surface area contributed by atoms with Gasteiger partial charge in [0.2, 0.25) is 0 Å². The minimum Gasteiger partial charge on any atom is -0.492 e. The summed E-state index contributed by atoms with van der Waals surface area (Å²) < 4.78 is 7.86. The molecule has 0 amide bonds. The summed E-state index contributed by atoms with van der Waals surface area (Å²) in [4.78, 5) is 2.10. The van der Waals surface area contributed by atoms with E-state index in [1.807, 2.05) is 50.5 Å². The van der Waals surface area contributed by atoms with Gasteiger partial charge in [-0.3, -0.25) is 0 Å². The van der Waals surface area contributed by atoms with Crippen LogP contribution in [-0.2, 0) is 0 Å². The van der Waals surface area contributed by atoms with Gasteiger partial charge in [-0.25, -0.2) is 5.32 Å². The van der Waals surface area contributed by atoms with Crippen LogP contribution in [0.15, 0.2) is 109 Å². The summed E-state index contributed by atoms with van der Waals surface area (Å²) in [6.45, 7) is 0. The smallest absolute Gasteiger partial charge is 0.292 e. The third-order valence-corrected chi connectivity index (χ3v) is 5.27. The number of nitrogens with one attached hydrogen (secondary N) is 1. The predicted octanol–water partition coefficient (Wildman–Crippen LogP) is 6.15. The number of amidine groups is 1. The Bertz CT molecular complexity index is 1140. The van der Waals surface area contributed by atoms with Crippen molar-refractivity contribution in [3.8, 4) is 5.75 Å². The molecule has 0 bridgehead atoms. The molecular formula is C28H28N3O+. The molecule has 0 unspecified atom stereocenters. The van der Waals surface area contributed by atoms with E-state index in [4.69, 9.17) is 4.74 Å². The lowest BCUT2D eigenvalue weighted by molar-refractivity contribution is 0.417. The molecule has 0 heterocycles. The second-order valence-electron chi connectivity index (χ2n) is 7.62. The minimum atomic E-state index is 0.788. The predicted molar refractivity (Wildman–Crippen MR) is 136 cm³/mol. The van der Waals surface area contributed by atoms with Crippen LogP contribution >= 0.6 is 0 Å². The number of anilines is 2. The zero-order valence-corrected chi connectivity index (χ0v) is 18.7. The number of para-hydroxylation sites is 4. The molecule has 32 heavy (non-hydrogen) atoms. The first-order valence-electron chi connectivity index (χ1n) is 10.6. The van der Waals surface area contributed by atoms with Crippen LogP contribution in [0.25, 0.3) is 0 Å². The molecular weight excluding hydrogens is 394 g/mol. The molecule has 0 spiro atoms. The Morgan fingerprint density at radius 2 is 1.22 bits per heavy atom. The molecule has 160 valence electrons. The minimum absolute atomic E-state index is 0.788. The number of hydrogen-bond donors (Lipinski definition) is 1. The second-order valence-corrected chi connectivity index (χ2v) is 7.62. The van der Waals surface area contributed by atoms with Gasteiger partial charge in [0, 0.05) is 19.8 Å². The molecule has 0 aliphatic carbocycles. The summed E-state index contributed by atoms with van der Waals surface area (Å²) in [5.74, 6) is 1.73. The fourth-order valence-corrected chi connectivity index (χ4v) is 3.61. The van der Waals surface area contributed by atoms with Crippen LogP contribution in [0.4, 0.5) is 22.7 Å². The maximum Gasteiger partial charge on any atom is 0.292 e. The van der Waals surface area contributed by atoms with Crippen molar-refractivity contribution in [3.63, 3.8) is 0 Å². The van der Waals surface area contributed by atoms with E-state index in [9.17, 15) is 0 Å². The van der Waals surface area contributed by atoms with Crippen molar-refractivity contribution in [1.82, 2.24) is 4.58 Å². The van der Waals surface area contributed by atoms with Gasteiger partial charge in [0.05, 0.1) is 12.7 Å². The third-order valence-electron chi connectivity index (χ3n) is 5.27. The molecule has 0 aliphatic rings. The number of methoxy groups -OCH3 is 1. The van der Waals surface area contributed by atoms with Crippen molar-refractivity contribution in [1.29, 1.82) is 0 Å². The summed E-state index contributed by atoms with van der Waals surface area (Å²) in [7, 11) is 5.79. The van der Waals surface area contributed by atoms with Crippen LogP contribution in [-0.4, -0.2) is 27.0 Å². The number of ether oxygens (including phenoxy) is 1. The van der Waals surface area contributed by atoms with E-state index in [1.54, 1.807) is 7.11 Å². The summed E-state index contributed by atoms with van der Waals surface area (Å²) in [6.07, 6.45) is 0. The van der Waals surface area contributed by atoms with Crippen molar-refractivity contribution in [3.05, 3.63) is 115 Å². The highest BCUT2D eigenvalue weighted by Crippen LogP contribution is 2.27. The monoisotopic (exact) mass is 422 g/mol. The Balaban J connectivity index is 1.97. The largest absolute Gasteiger partial charge is 0.492 e. The number of nitrogens with zero attached hydrogens (tertiary/aromatic N) is 2. The van der Waals surface area contributed by atoms with Crippen molar-refractivity contribution in [2.24, 2.45) is 0 Å². The summed E-state index contributed by atoms with van der Waals surface area (Å²) >= 11 is 0. The lowest BCUT2D eigenvalue weighted by Crippen LogP contribution is -2.26. The van der Waals surface area contributed by atoms with E-state index in [0.29, 0.717) is 0 Å². The molecule has 0 radical (unpaired) electrons. The SMILES string of the molecule is COc1ccccc1NC(c1ccc(N(C)C)cc1)=[N+](c1ccccc1)c1ccccc1. The molecule has 4 rings (SSSR count). The van der Waals surface area contributed by atoms with Crippen LogP contribution in [0.1, 0.15) is 5.56 Å². The summed E-state index contributed by atoms with van der Waals surface area (Å²) in [5, 5.41) is 3.66. The summed E-state index contributed by atoms with van der Waals surface area (Å²) in [5.41, 5.74) is 5.24. The van der Waals surface area contributed by atoms with Gasteiger partial charge in [0.25, 0.3) is 5.84 Å². The fraction of sp³-hybridized carbons (Fsp3) is 0.107. The van der Waals surface area contributed by atoms with Gasteiger partial charge in [0.1, 0.15) is 11.4 Å². The average Bonchev–Trinajstić information content (AvgIpc) is 2.85.